The molecular formula is C18H20N2O4. The second-order valence-electron chi connectivity index (χ2n) is 5.72. The third-order valence-electron chi connectivity index (χ3n) is 3.88. The Bertz CT molecular complexity index is 725. The fourth-order valence-electron chi connectivity index (χ4n) is 2.63. The standard InChI is InChI=1S/C18H20N2O4/c1-13-4-5-16-15(11-13)20(8-10-24-16)18(22)7-6-17(21)19-12-14-3-2-9-23-14/h2-5,9,11H,6-8,10,12H2,1H3,(H,19,21). The van der Waals surface area contributed by atoms with E-state index in [0.29, 0.717) is 31.2 Å². The van der Waals surface area contributed by atoms with Crippen molar-refractivity contribution in [3.8, 4) is 5.75 Å². The summed E-state index contributed by atoms with van der Waals surface area (Å²) in [5, 5.41) is 2.74. The molecular weight excluding hydrogens is 308 g/mol. The van der Waals surface area contributed by atoms with Gasteiger partial charge in [0.25, 0.3) is 0 Å². The molecule has 1 N–H and O–H groups in total. The van der Waals surface area contributed by atoms with Crippen LogP contribution in [0.4, 0.5) is 5.69 Å². The summed E-state index contributed by atoms with van der Waals surface area (Å²) in [7, 11) is 0. The minimum Gasteiger partial charge on any atom is -0.490 e. The minimum absolute atomic E-state index is 0.0710. The van der Waals surface area contributed by atoms with Gasteiger partial charge in [-0.05, 0) is 36.8 Å². The zero-order chi connectivity index (χ0) is 16.9. The quantitative estimate of drug-likeness (QED) is 0.915. The smallest absolute Gasteiger partial charge is 0.227 e. The van der Waals surface area contributed by atoms with Crippen LogP contribution >= 0.6 is 0 Å². The number of aryl methyl sites for hydroxylation is 1. The molecule has 0 atom stereocenters. The Morgan fingerprint density at radius 3 is 2.92 bits per heavy atom. The lowest BCUT2D eigenvalue weighted by Crippen LogP contribution is -2.38. The molecule has 0 saturated heterocycles. The van der Waals surface area contributed by atoms with Crippen molar-refractivity contribution in [2.75, 3.05) is 18.1 Å². The number of carbonyl (C=O) groups excluding carboxylic acids is 2. The number of ether oxygens (including phenoxy) is 1. The number of hydrogen-bond donors (Lipinski definition) is 1. The van der Waals surface area contributed by atoms with Crippen LogP contribution < -0.4 is 15.0 Å². The molecule has 3 rings (SSSR count). The van der Waals surface area contributed by atoms with Crippen LogP contribution in [0.5, 0.6) is 5.75 Å². The van der Waals surface area contributed by atoms with Gasteiger partial charge < -0.3 is 19.4 Å². The van der Waals surface area contributed by atoms with Crippen molar-refractivity contribution in [1.82, 2.24) is 5.32 Å². The van der Waals surface area contributed by atoms with Gasteiger partial charge in [-0.25, -0.2) is 0 Å². The van der Waals surface area contributed by atoms with E-state index in [-0.39, 0.29) is 24.7 Å². The molecule has 0 unspecified atom stereocenters. The first-order valence-electron chi connectivity index (χ1n) is 7.96. The van der Waals surface area contributed by atoms with Gasteiger partial charge in [0.05, 0.1) is 25.0 Å². The number of furan rings is 1. The molecule has 2 aromatic rings. The number of rotatable bonds is 5. The van der Waals surface area contributed by atoms with Crippen molar-refractivity contribution in [1.29, 1.82) is 0 Å². The Labute approximate surface area is 140 Å². The van der Waals surface area contributed by atoms with Gasteiger partial charge in [0.15, 0.2) is 0 Å². The van der Waals surface area contributed by atoms with Gasteiger partial charge in [0, 0.05) is 12.8 Å². The first-order valence-corrected chi connectivity index (χ1v) is 7.96. The first kappa shape index (κ1) is 16.1. The van der Waals surface area contributed by atoms with Crippen molar-refractivity contribution in [2.45, 2.75) is 26.3 Å². The summed E-state index contributed by atoms with van der Waals surface area (Å²) < 4.78 is 10.7. The summed E-state index contributed by atoms with van der Waals surface area (Å²) in [5.41, 5.74) is 1.84. The number of nitrogens with zero attached hydrogens (tertiary/aromatic N) is 1. The Morgan fingerprint density at radius 2 is 2.12 bits per heavy atom. The summed E-state index contributed by atoms with van der Waals surface area (Å²) in [5.74, 6) is 1.16. The molecule has 24 heavy (non-hydrogen) atoms. The van der Waals surface area contributed by atoms with Crippen LogP contribution in [0.1, 0.15) is 24.2 Å². The van der Waals surface area contributed by atoms with Crippen LogP contribution in [0.2, 0.25) is 0 Å². The highest BCUT2D eigenvalue weighted by molar-refractivity contribution is 5.97. The van der Waals surface area contributed by atoms with Gasteiger partial charge in [-0.3, -0.25) is 9.59 Å². The van der Waals surface area contributed by atoms with E-state index in [2.05, 4.69) is 5.32 Å². The van der Waals surface area contributed by atoms with E-state index in [1.165, 1.54) is 0 Å². The highest BCUT2D eigenvalue weighted by Gasteiger charge is 2.24. The number of benzene rings is 1. The molecule has 0 spiro atoms. The fourth-order valence-corrected chi connectivity index (χ4v) is 2.63. The summed E-state index contributed by atoms with van der Waals surface area (Å²) in [4.78, 5) is 26.1. The lowest BCUT2D eigenvalue weighted by molar-refractivity contribution is -0.125. The SMILES string of the molecule is Cc1ccc2c(c1)N(C(=O)CCC(=O)NCc1ccco1)CCO2. The zero-order valence-corrected chi connectivity index (χ0v) is 13.6. The maximum absolute atomic E-state index is 12.5. The average molecular weight is 328 g/mol. The van der Waals surface area contributed by atoms with Crippen molar-refractivity contribution >= 4 is 17.5 Å². The van der Waals surface area contributed by atoms with Gasteiger partial charge in [-0.2, -0.15) is 0 Å². The van der Waals surface area contributed by atoms with E-state index in [4.69, 9.17) is 9.15 Å². The number of fused-ring (bicyclic) bond motifs is 1. The van der Waals surface area contributed by atoms with Gasteiger partial charge in [-0.1, -0.05) is 6.07 Å². The van der Waals surface area contributed by atoms with Gasteiger partial charge in [0.2, 0.25) is 11.8 Å². The Morgan fingerprint density at radius 1 is 1.25 bits per heavy atom. The number of anilines is 1. The van der Waals surface area contributed by atoms with Crippen molar-refractivity contribution in [3.05, 3.63) is 47.9 Å². The molecule has 126 valence electrons. The summed E-state index contributed by atoms with van der Waals surface area (Å²) in [6.07, 6.45) is 1.87. The largest absolute Gasteiger partial charge is 0.490 e. The first-order chi connectivity index (χ1) is 11.6. The van der Waals surface area contributed by atoms with Crippen molar-refractivity contribution < 1.29 is 18.7 Å². The molecule has 1 aliphatic rings. The molecule has 6 nitrogen and oxygen atoms in total. The fraction of sp³-hybridized carbons (Fsp3) is 0.333. The second-order valence-corrected chi connectivity index (χ2v) is 5.72. The monoisotopic (exact) mass is 328 g/mol. The lowest BCUT2D eigenvalue weighted by atomic mass is 10.1. The number of hydrogen-bond acceptors (Lipinski definition) is 4. The Balaban J connectivity index is 1.54. The maximum Gasteiger partial charge on any atom is 0.227 e. The van der Waals surface area contributed by atoms with Crippen LogP contribution in [0, 0.1) is 6.92 Å². The van der Waals surface area contributed by atoms with E-state index in [9.17, 15) is 9.59 Å². The van der Waals surface area contributed by atoms with Crippen LogP contribution in [0.25, 0.3) is 0 Å². The van der Waals surface area contributed by atoms with E-state index in [1.54, 1.807) is 23.3 Å². The highest BCUT2D eigenvalue weighted by Crippen LogP contribution is 2.32. The van der Waals surface area contributed by atoms with E-state index in [1.807, 2.05) is 25.1 Å². The third-order valence-corrected chi connectivity index (χ3v) is 3.88. The predicted octanol–water partition coefficient (Wildman–Crippen LogP) is 2.41. The molecule has 1 aromatic carbocycles. The van der Waals surface area contributed by atoms with Crippen LogP contribution in [-0.4, -0.2) is 25.0 Å². The van der Waals surface area contributed by atoms with Gasteiger partial charge in [0.1, 0.15) is 18.1 Å². The molecule has 0 bridgehead atoms. The summed E-state index contributed by atoms with van der Waals surface area (Å²) in [6, 6.07) is 9.32. The highest BCUT2D eigenvalue weighted by atomic mass is 16.5. The second kappa shape index (κ2) is 7.21. The molecule has 6 heteroatoms. The molecule has 0 radical (unpaired) electrons. The van der Waals surface area contributed by atoms with Crippen molar-refractivity contribution in [3.63, 3.8) is 0 Å². The third kappa shape index (κ3) is 3.76. The number of carbonyl (C=O) groups is 2. The Kier molecular flexibility index (Phi) is 4.84. The summed E-state index contributed by atoms with van der Waals surface area (Å²) >= 11 is 0. The van der Waals surface area contributed by atoms with E-state index >= 15 is 0 Å². The number of amides is 2. The predicted molar refractivity (Wildman–Crippen MR) is 88.8 cm³/mol. The zero-order valence-electron chi connectivity index (χ0n) is 13.6. The van der Waals surface area contributed by atoms with Crippen LogP contribution in [-0.2, 0) is 16.1 Å². The molecule has 0 aliphatic carbocycles. The molecule has 0 fully saturated rings. The normalized spacial score (nSPS) is 13.1. The minimum atomic E-state index is -0.169. The molecule has 1 aromatic heterocycles. The lowest BCUT2D eigenvalue weighted by Gasteiger charge is -2.29. The van der Waals surface area contributed by atoms with Crippen molar-refractivity contribution in [2.24, 2.45) is 0 Å². The Hall–Kier alpha value is -2.76. The van der Waals surface area contributed by atoms with Crippen LogP contribution in [0.3, 0.4) is 0 Å². The van der Waals surface area contributed by atoms with Gasteiger partial charge in [-0.15, -0.1) is 0 Å². The number of nitrogens with one attached hydrogen (secondary N) is 1. The topological polar surface area (TPSA) is 71.8 Å². The maximum atomic E-state index is 12.5. The van der Waals surface area contributed by atoms with Crippen LogP contribution in [0.15, 0.2) is 41.0 Å². The summed E-state index contributed by atoms with van der Waals surface area (Å²) in [6.45, 7) is 3.27. The van der Waals surface area contributed by atoms with E-state index in [0.717, 1.165) is 11.3 Å². The van der Waals surface area contributed by atoms with E-state index < -0.39 is 0 Å². The average Bonchev–Trinajstić information content (AvgIpc) is 3.10. The van der Waals surface area contributed by atoms with Gasteiger partial charge >= 0.3 is 0 Å². The molecule has 1 aliphatic heterocycles. The molecule has 0 saturated carbocycles. The molecule has 2 amide bonds. The molecule has 2 heterocycles.